The molecule has 0 saturated carbocycles. The second-order valence-corrected chi connectivity index (χ2v) is 5.55. The van der Waals surface area contributed by atoms with Gasteiger partial charge in [0.1, 0.15) is 0 Å². The number of carboxylic acid groups (broad SMARTS) is 1. The smallest absolute Gasteiger partial charge is 0.337 e. The Morgan fingerprint density at radius 1 is 1.47 bits per heavy atom. The summed E-state index contributed by atoms with van der Waals surface area (Å²) in [6.07, 6.45) is 4.15. The number of hydrogen-bond donors (Lipinski definition) is 3. The third kappa shape index (κ3) is 4.08. The van der Waals surface area contributed by atoms with Gasteiger partial charge in [-0.25, -0.2) is 17.9 Å². The maximum absolute atomic E-state index is 12.0. The molecule has 0 unspecified atom stereocenters. The van der Waals surface area contributed by atoms with E-state index in [0.717, 1.165) is 6.07 Å². The van der Waals surface area contributed by atoms with Crippen LogP contribution >= 0.6 is 0 Å². The van der Waals surface area contributed by atoms with Crippen molar-refractivity contribution in [2.45, 2.75) is 18.2 Å². The van der Waals surface area contributed by atoms with Crippen molar-refractivity contribution in [3.63, 3.8) is 0 Å². The average molecular weight is 284 g/mol. The first-order valence-corrected chi connectivity index (χ1v) is 7.10. The van der Waals surface area contributed by atoms with E-state index in [2.05, 4.69) is 4.72 Å². The van der Waals surface area contributed by atoms with Gasteiger partial charge in [0.15, 0.2) is 0 Å². The number of allylic oxidation sites excluding steroid dienone is 1. The van der Waals surface area contributed by atoms with Crippen LogP contribution in [0.4, 0.5) is 5.69 Å². The Morgan fingerprint density at radius 3 is 2.74 bits per heavy atom. The summed E-state index contributed by atoms with van der Waals surface area (Å²) in [5, 5.41) is 9.00. The van der Waals surface area contributed by atoms with E-state index in [1.165, 1.54) is 12.1 Å². The second-order valence-electron chi connectivity index (χ2n) is 3.82. The number of sulfonamides is 1. The van der Waals surface area contributed by atoms with Gasteiger partial charge in [-0.15, -0.1) is 0 Å². The lowest BCUT2D eigenvalue weighted by Gasteiger charge is -2.09. The summed E-state index contributed by atoms with van der Waals surface area (Å²) in [4.78, 5) is 10.8. The number of nitrogens with one attached hydrogen (secondary N) is 1. The first-order valence-electron chi connectivity index (χ1n) is 5.62. The first kappa shape index (κ1) is 15.2. The molecular weight excluding hydrogens is 268 g/mol. The summed E-state index contributed by atoms with van der Waals surface area (Å²) < 4.78 is 26.3. The maximum atomic E-state index is 12.0. The number of rotatable bonds is 6. The predicted octanol–water partition coefficient (Wildman–Crippen LogP) is 1.21. The molecule has 4 N–H and O–H groups in total. The Labute approximate surface area is 112 Å². The number of hydrogen-bond acceptors (Lipinski definition) is 4. The number of carbonyl (C=O) groups is 1. The van der Waals surface area contributed by atoms with Crippen LogP contribution < -0.4 is 10.5 Å². The van der Waals surface area contributed by atoms with E-state index in [1.54, 1.807) is 6.08 Å². The quantitative estimate of drug-likeness (QED) is 0.413. The molecule has 104 valence electrons. The highest BCUT2D eigenvalue weighted by atomic mass is 32.2. The Kier molecular flexibility index (Phi) is 5.08. The molecule has 0 amide bonds. The molecule has 0 aliphatic carbocycles. The normalized spacial score (nSPS) is 11.8. The van der Waals surface area contributed by atoms with Gasteiger partial charge in [-0.3, -0.25) is 0 Å². The van der Waals surface area contributed by atoms with Crippen LogP contribution in [-0.2, 0) is 10.0 Å². The van der Waals surface area contributed by atoms with Crippen molar-refractivity contribution >= 4 is 21.7 Å². The molecule has 0 bridgehead atoms. The fraction of sp³-hybridized carbons (Fsp3) is 0.250. The van der Waals surface area contributed by atoms with E-state index in [-0.39, 0.29) is 22.7 Å². The van der Waals surface area contributed by atoms with Crippen LogP contribution in [0.3, 0.4) is 0 Å². The molecule has 0 spiro atoms. The fourth-order valence-electron chi connectivity index (χ4n) is 1.47. The van der Waals surface area contributed by atoms with E-state index in [4.69, 9.17) is 10.8 Å². The number of aromatic carboxylic acids is 1. The summed E-state index contributed by atoms with van der Waals surface area (Å²) in [5.41, 5.74) is 5.33. The Hall–Kier alpha value is -1.86. The van der Waals surface area contributed by atoms with Crippen LogP contribution in [0.15, 0.2) is 35.2 Å². The minimum atomic E-state index is -3.85. The Morgan fingerprint density at radius 2 is 2.16 bits per heavy atom. The minimum Gasteiger partial charge on any atom is -0.478 e. The predicted molar refractivity (Wildman–Crippen MR) is 72.4 cm³/mol. The number of anilines is 1. The Balaban J connectivity index is 3.04. The van der Waals surface area contributed by atoms with Crippen molar-refractivity contribution in [3.8, 4) is 0 Å². The molecule has 0 aromatic heterocycles. The molecule has 0 aliphatic heterocycles. The van der Waals surface area contributed by atoms with Gasteiger partial charge < -0.3 is 10.8 Å². The van der Waals surface area contributed by atoms with Gasteiger partial charge in [0, 0.05) is 12.2 Å². The first-order chi connectivity index (χ1) is 8.88. The molecule has 0 radical (unpaired) electrons. The van der Waals surface area contributed by atoms with Crippen LogP contribution in [0.2, 0.25) is 0 Å². The van der Waals surface area contributed by atoms with E-state index >= 15 is 0 Å². The van der Waals surface area contributed by atoms with Crippen LogP contribution in [0.5, 0.6) is 0 Å². The van der Waals surface area contributed by atoms with Crippen molar-refractivity contribution in [1.82, 2.24) is 4.72 Å². The topological polar surface area (TPSA) is 109 Å². The lowest BCUT2D eigenvalue weighted by molar-refractivity contribution is 0.0692. The largest absolute Gasteiger partial charge is 0.478 e. The highest BCUT2D eigenvalue weighted by molar-refractivity contribution is 7.89. The van der Waals surface area contributed by atoms with Gasteiger partial charge in [-0.05, 0) is 31.5 Å². The summed E-state index contributed by atoms with van der Waals surface area (Å²) in [7, 11) is -3.85. The number of carboxylic acids is 1. The molecule has 0 atom stereocenters. The van der Waals surface area contributed by atoms with Gasteiger partial charge in [-0.1, -0.05) is 12.2 Å². The molecule has 6 nitrogen and oxygen atoms in total. The Bertz CT molecular complexity index is 594. The molecule has 0 fully saturated rings. The highest BCUT2D eigenvalue weighted by Crippen LogP contribution is 2.18. The van der Waals surface area contributed by atoms with Gasteiger partial charge in [0.2, 0.25) is 10.0 Å². The van der Waals surface area contributed by atoms with Crippen molar-refractivity contribution in [1.29, 1.82) is 0 Å². The number of nitrogens with two attached hydrogens (primary N) is 1. The molecule has 1 aromatic rings. The zero-order chi connectivity index (χ0) is 14.5. The minimum absolute atomic E-state index is 0.199. The molecule has 0 aliphatic rings. The lowest BCUT2D eigenvalue weighted by atomic mass is 10.2. The molecule has 0 saturated heterocycles. The van der Waals surface area contributed by atoms with Crippen molar-refractivity contribution in [2.24, 2.45) is 0 Å². The summed E-state index contributed by atoms with van der Waals surface area (Å²) in [6.45, 7) is 2.03. The summed E-state index contributed by atoms with van der Waals surface area (Å²) in [5.74, 6) is -1.33. The third-order valence-corrected chi connectivity index (χ3v) is 3.88. The van der Waals surface area contributed by atoms with Crippen LogP contribution in [0, 0.1) is 0 Å². The molecule has 1 aromatic carbocycles. The van der Waals surface area contributed by atoms with Crippen LogP contribution in [0.25, 0.3) is 0 Å². The van der Waals surface area contributed by atoms with Crippen molar-refractivity contribution in [3.05, 3.63) is 35.9 Å². The van der Waals surface area contributed by atoms with Crippen LogP contribution in [-0.4, -0.2) is 26.0 Å². The van der Waals surface area contributed by atoms with E-state index in [0.29, 0.717) is 6.42 Å². The third-order valence-electron chi connectivity index (χ3n) is 2.36. The average Bonchev–Trinajstić information content (AvgIpc) is 2.34. The molecule has 0 heterocycles. The maximum Gasteiger partial charge on any atom is 0.337 e. The standard InChI is InChI=1S/C12H16N2O4S/c1-2-3-4-7-14-19(17,18)11-6-5-9(13)8-10(11)12(15)16/h2-3,5-6,8,14H,4,7,13H2,1H3,(H,15,16)/b3-2+. The SMILES string of the molecule is C/C=C/CCNS(=O)(=O)c1ccc(N)cc1C(=O)O. The van der Waals surface area contributed by atoms with Crippen molar-refractivity contribution in [2.75, 3.05) is 12.3 Å². The zero-order valence-electron chi connectivity index (χ0n) is 10.5. The monoisotopic (exact) mass is 284 g/mol. The van der Waals surface area contributed by atoms with Gasteiger partial charge in [0.05, 0.1) is 10.5 Å². The number of nitrogen functional groups attached to an aromatic ring is 1. The highest BCUT2D eigenvalue weighted by Gasteiger charge is 2.21. The van der Waals surface area contributed by atoms with Gasteiger partial charge in [0.25, 0.3) is 0 Å². The lowest BCUT2D eigenvalue weighted by Crippen LogP contribution is -2.26. The summed E-state index contributed by atoms with van der Waals surface area (Å²) in [6, 6.07) is 3.67. The molecule has 1 rings (SSSR count). The second kappa shape index (κ2) is 6.35. The van der Waals surface area contributed by atoms with E-state index < -0.39 is 16.0 Å². The molecular formula is C12H16N2O4S. The zero-order valence-corrected chi connectivity index (χ0v) is 11.3. The van der Waals surface area contributed by atoms with E-state index in [9.17, 15) is 13.2 Å². The van der Waals surface area contributed by atoms with Gasteiger partial charge in [-0.2, -0.15) is 0 Å². The van der Waals surface area contributed by atoms with Crippen molar-refractivity contribution < 1.29 is 18.3 Å². The molecule has 7 heteroatoms. The molecule has 19 heavy (non-hydrogen) atoms. The van der Waals surface area contributed by atoms with Gasteiger partial charge >= 0.3 is 5.97 Å². The number of benzene rings is 1. The van der Waals surface area contributed by atoms with Crippen LogP contribution in [0.1, 0.15) is 23.7 Å². The van der Waals surface area contributed by atoms with E-state index in [1.807, 2.05) is 13.0 Å². The summed E-state index contributed by atoms with van der Waals surface area (Å²) >= 11 is 0. The fourth-order valence-corrected chi connectivity index (χ4v) is 2.70.